The molecule has 0 spiro atoms. The first-order valence-electron chi connectivity index (χ1n) is 5.98. The van der Waals surface area contributed by atoms with Gasteiger partial charge in [0.2, 0.25) is 0 Å². The Morgan fingerprint density at radius 1 is 1.50 bits per heavy atom. The standard InChI is InChI=1S/C13H21N3O2/c1-4-10(17)8-15-12-6-5-9(7-11(12)14)13(18)16(2)3/h5-7,10,15,17H,4,8,14H2,1-3H3. The second-order valence-corrected chi connectivity index (χ2v) is 4.44. The van der Waals surface area contributed by atoms with E-state index in [1.54, 1.807) is 32.3 Å². The van der Waals surface area contributed by atoms with E-state index in [0.717, 1.165) is 5.69 Å². The van der Waals surface area contributed by atoms with Crippen LogP contribution >= 0.6 is 0 Å². The lowest BCUT2D eigenvalue weighted by atomic mass is 10.1. The number of carbonyl (C=O) groups excluding carboxylic acids is 1. The highest BCUT2D eigenvalue weighted by molar-refractivity contribution is 5.95. The van der Waals surface area contributed by atoms with Gasteiger partial charge < -0.3 is 21.1 Å². The summed E-state index contributed by atoms with van der Waals surface area (Å²) in [6, 6.07) is 5.12. The number of anilines is 2. The normalized spacial score (nSPS) is 12.0. The fourth-order valence-corrected chi connectivity index (χ4v) is 1.49. The van der Waals surface area contributed by atoms with Crippen molar-refractivity contribution in [1.29, 1.82) is 0 Å². The van der Waals surface area contributed by atoms with Crippen molar-refractivity contribution in [3.8, 4) is 0 Å². The molecule has 1 aromatic rings. The average Bonchev–Trinajstić information content (AvgIpc) is 2.35. The molecule has 0 fully saturated rings. The molecule has 0 aromatic heterocycles. The van der Waals surface area contributed by atoms with Gasteiger partial charge in [-0.05, 0) is 24.6 Å². The van der Waals surface area contributed by atoms with E-state index in [1.807, 2.05) is 6.92 Å². The van der Waals surface area contributed by atoms with Crippen LogP contribution in [0, 0.1) is 0 Å². The molecule has 0 aliphatic carbocycles. The van der Waals surface area contributed by atoms with Gasteiger partial charge in [-0.25, -0.2) is 0 Å². The molecule has 1 aromatic carbocycles. The molecule has 5 nitrogen and oxygen atoms in total. The molecule has 1 unspecified atom stereocenters. The summed E-state index contributed by atoms with van der Waals surface area (Å²) in [5.74, 6) is -0.0816. The van der Waals surface area contributed by atoms with Crippen molar-refractivity contribution in [3.63, 3.8) is 0 Å². The monoisotopic (exact) mass is 251 g/mol. The van der Waals surface area contributed by atoms with Crippen molar-refractivity contribution in [2.75, 3.05) is 31.7 Å². The van der Waals surface area contributed by atoms with Crippen LogP contribution in [0.25, 0.3) is 0 Å². The van der Waals surface area contributed by atoms with E-state index in [9.17, 15) is 9.90 Å². The number of nitrogen functional groups attached to an aromatic ring is 1. The Labute approximate surface area is 108 Å². The number of nitrogens with zero attached hydrogens (tertiary/aromatic N) is 1. The van der Waals surface area contributed by atoms with Gasteiger partial charge in [-0.15, -0.1) is 0 Å². The number of rotatable bonds is 5. The number of hydrogen-bond acceptors (Lipinski definition) is 4. The van der Waals surface area contributed by atoms with Gasteiger partial charge in [0.1, 0.15) is 0 Å². The molecule has 0 saturated heterocycles. The molecule has 0 radical (unpaired) electrons. The maximum Gasteiger partial charge on any atom is 0.253 e. The van der Waals surface area contributed by atoms with Crippen molar-refractivity contribution in [2.24, 2.45) is 0 Å². The lowest BCUT2D eigenvalue weighted by Crippen LogP contribution is -2.22. The number of nitrogens with one attached hydrogen (secondary N) is 1. The van der Waals surface area contributed by atoms with Crippen LogP contribution in [0.3, 0.4) is 0 Å². The van der Waals surface area contributed by atoms with Crippen LogP contribution < -0.4 is 11.1 Å². The van der Waals surface area contributed by atoms with Crippen LogP contribution in [0.5, 0.6) is 0 Å². The number of aliphatic hydroxyl groups excluding tert-OH is 1. The third-order valence-corrected chi connectivity index (χ3v) is 2.70. The van der Waals surface area contributed by atoms with Crippen LogP contribution in [-0.2, 0) is 0 Å². The van der Waals surface area contributed by atoms with Crippen molar-refractivity contribution >= 4 is 17.3 Å². The summed E-state index contributed by atoms with van der Waals surface area (Å²) in [4.78, 5) is 13.2. The summed E-state index contributed by atoms with van der Waals surface area (Å²) in [6.07, 6.45) is 0.289. The summed E-state index contributed by atoms with van der Waals surface area (Å²) in [6.45, 7) is 2.36. The number of aliphatic hydroxyl groups is 1. The Bertz CT molecular complexity index is 419. The van der Waals surface area contributed by atoms with E-state index in [-0.39, 0.29) is 5.91 Å². The molecular weight excluding hydrogens is 230 g/mol. The molecule has 0 aliphatic rings. The Balaban J connectivity index is 2.77. The molecule has 0 heterocycles. The number of amides is 1. The van der Waals surface area contributed by atoms with Crippen LogP contribution in [0.4, 0.5) is 11.4 Å². The molecule has 100 valence electrons. The van der Waals surface area contributed by atoms with E-state index in [0.29, 0.717) is 24.2 Å². The third kappa shape index (κ3) is 3.63. The molecule has 1 rings (SSSR count). The van der Waals surface area contributed by atoms with E-state index in [2.05, 4.69) is 5.32 Å². The van der Waals surface area contributed by atoms with Crippen molar-refractivity contribution in [1.82, 2.24) is 4.90 Å². The van der Waals surface area contributed by atoms with Crippen molar-refractivity contribution < 1.29 is 9.90 Å². The van der Waals surface area contributed by atoms with Crippen LogP contribution in [0.1, 0.15) is 23.7 Å². The minimum atomic E-state index is -0.396. The number of benzene rings is 1. The van der Waals surface area contributed by atoms with Gasteiger partial charge in [0, 0.05) is 26.2 Å². The van der Waals surface area contributed by atoms with Crippen LogP contribution in [0.2, 0.25) is 0 Å². The molecule has 1 amide bonds. The third-order valence-electron chi connectivity index (χ3n) is 2.70. The zero-order chi connectivity index (χ0) is 13.7. The lowest BCUT2D eigenvalue weighted by molar-refractivity contribution is 0.0827. The van der Waals surface area contributed by atoms with Gasteiger partial charge in [0.15, 0.2) is 0 Å². The maximum absolute atomic E-state index is 11.7. The fourth-order valence-electron chi connectivity index (χ4n) is 1.49. The fraction of sp³-hybridized carbons (Fsp3) is 0.462. The van der Waals surface area contributed by atoms with Gasteiger partial charge in [-0.1, -0.05) is 6.92 Å². The molecule has 0 aliphatic heterocycles. The van der Waals surface area contributed by atoms with Crippen molar-refractivity contribution in [2.45, 2.75) is 19.4 Å². The lowest BCUT2D eigenvalue weighted by Gasteiger charge is -2.15. The quantitative estimate of drug-likeness (QED) is 0.686. The summed E-state index contributed by atoms with van der Waals surface area (Å²) < 4.78 is 0. The largest absolute Gasteiger partial charge is 0.397 e. The van der Waals surface area contributed by atoms with Gasteiger partial charge in [0.25, 0.3) is 5.91 Å². The summed E-state index contributed by atoms with van der Waals surface area (Å²) >= 11 is 0. The van der Waals surface area contributed by atoms with E-state index < -0.39 is 6.10 Å². The zero-order valence-corrected chi connectivity index (χ0v) is 11.1. The van der Waals surface area contributed by atoms with E-state index >= 15 is 0 Å². The highest BCUT2D eigenvalue weighted by Gasteiger charge is 2.10. The Morgan fingerprint density at radius 2 is 2.17 bits per heavy atom. The van der Waals surface area contributed by atoms with Crippen LogP contribution in [0.15, 0.2) is 18.2 Å². The SMILES string of the molecule is CCC(O)CNc1ccc(C(=O)N(C)C)cc1N. The van der Waals surface area contributed by atoms with Gasteiger partial charge in [-0.2, -0.15) is 0 Å². The average molecular weight is 251 g/mol. The molecule has 0 saturated carbocycles. The Hall–Kier alpha value is -1.75. The Kier molecular flexibility index (Phi) is 4.97. The molecule has 18 heavy (non-hydrogen) atoms. The smallest absolute Gasteiger partial charge is 0.253 e. The zero-order valence-electron chi connectivity index (χ0n) is 11.1. The first-order chi connectivity index (χ1) is 8.45. The summed E-state index contributed by atoms with van der Waals surface area (Å²) in [5.41, 5.74) is 7.67. The van der Waals surface area contributed by atoms with Gasteiger partial charge >= 0.3 is 0 Å². The minimum absolute atomic E-state index is 0.0816. The maximum atomic E-state index is 11.7. The number of hydrogen-bond donors (Lipinski definition) is 3. The topological polar surface area (TPSA) is 78.6 Å². The van der Waals surface area contributed by atoms with E-state index in [1.165, 1.54) is 4.90 Å². The highest BCUT2D eigenvalue weighted by Crippen LogP contribution is 2.20. The molecule has 5 heteroatoms. The first kappa shape index (κ1) is 14.3. The first-order valence-corrected chi connectivity index (χ1v) is 5.98. The molecule has 1 atom stereocenters. The summed E-state index contributed by atoms with van der Waals surface area (Å²) in [7, 11) is 3.39. The second kappa shape index (κ2) is 6.26. The Morgan fingerprint density at radius 3 is 2.67 bits per heavy atom. The van der Waals surface area contributed by atoms with E-state index in [4.69, 9.17) is 5.73 Å². The molecule has 0 bridgehead atoms. The molecule has 4 N–H and O–H groups in total. The van der Waals surface area contributed by atoms with Crippen molar-refractivity contribution in [3.05, 3.63) is 23.8 Å². The molecular formula is C13H21N3O2. The number of carbonyl (C=O) groups is 1. The predicted octanol–water partition coefficient (Wildman–Crippen LogP) is 1.15. The summed E-state index contributed by atoms with van der Waals surface area (Å²) in [5, 5.41) is 12.5. The van der Waals surface area contributed by atoms with Gasteiger partial charge in [-0.3, -0.25) is 4.79 Å². The second-order valence-electron chi connectivity index (χ2n) is 4.44. The number of nitrogens with two attached hydrogens (primary N) is 1. The predicted molar refractivity (Wildman–Crippen MR) is 73.7 cm³/mol. The van der Waals surface area contributed by atoms with Gasteiger partial charge in [0.05, 0.1) is 17.5 Å². The highest BCUT2D eigenvalue weighted by atomic mass is 16.3. The van der Waals surface area contributed by atoms with Crippen LogP contribution in [-0.4, -0.2) is 42.7 Å². The minimum Gasteiger partial charge on any atom is -0.397 e.